The minimum absolute atomic E-state index is 0.180. The van der Waals surface area contributed by atoms with E-state index in [0.717, 1.165) is 45.0 Å². The molecule has 2 aliphatic rings. The molecule has 11 rings (SSSR count). The molecule has 4 heteroatoms. The van der Waals surface area contributed by atoms with Crippen molar-refractivity contribution in [3.63, 3.8) is 0 Å². The Hall–Kier alpha value is -6.91. The molecule has 1 unspecified atom stereocenters. The van der Waals surface area contributed by atoms with E-state index in [0.29, 0.717) is 17.5 Å². The van der Waals surface area contributed by atoms with Crippen molar-refractivity contribution < 1.29 is 0 Å². The van der Waals surface area contributed by atoms with Crippen LogP contribution in [0.2, 0.25) is 0 Å². The van der Waals surface area contributed by atoms with E-state index in [9.17, 15) is 0 Å². The maximum atomic E-state index is 5.26. The Morgan fingerprint density at radius 1 is 0.453 bits per heavy atom. The second kappa shape index (κ2) is 11.8. The van der Waals surface area contributed by atoms with Crippen molar-refractivity contribution >= 4 is 60.0 Å². The Morgan fingerprint density at radius 2 is 0.981 bits per heavy atom. The zero-order valence-corrected chi connectivity index (χ0v) is 28.8. The SMILES string of the molecule is C1=CCC2C(=C1)c1ccc3ccccc3c1N2c1cc(-c2nc(-c3ccc4ccccc4c3)nc(-c3ccc4ccccc4c3)n2)cc2ccccc12. The van der Waals surface area contributed by atoms with Crippen LogP contribution in [0.1, 0.15) is 12.0 Å². The number of hydrogen-bond donors (Lipinski definition) is 0. The first kappa shape index (κ1) is 29.8. The predicted molar refractivity (Wildman–Crippen MR) is 220 cm³/mol. The fourth-order valence-corrected chi connectivity index (χ4v) is 8.36. The summed E-state index contributed by atoms with van der Waals surface area (Å²) in [7, 11) is 0. The average Bonchev–Trinajstić information content (AvgIpc) is 3.57. The summed E-state index contributed by atoms with van der Waals surface area (Å²) < 4.78 is 0. The molecular formula is C49H32N4. The van der Waals surface area contributed by atoms with Gasteiger partial charge in [0.2, 0.25) is 0 Å². The van der Waals surface area contributed by atoms with Crippen LogP contribution in [0.25, 0.3) is 82.8 Å². The summed E-state index contributed by atoms with van der Waals surface area (Å²) in [6, 6.07) is 56.5. The van der Waals surface area contributed by atoms with Gasteiger partial charge in [0, 0.05) is 33.0 Å². The number of aromatic nitrogens is 3. The standard InChI is InChI=1S/C49H32N4/c1-3-14-34-27-37(23-21-31(34)11-1)47-50-48(38-24-22-32-12-2-4-15-35(32)28-38)52-49(51-47)39-29-36-16-6-7-17-40(36)45(30-39)53-44-20-10-9-19-42(44)43-26-25-33-13-5-8-18-41(33)46(43)53/h1-19,21-30,44H,20H2. The van der Waals surface area contributed by atoms with Gasteiger partial charge in [-0.15, -0.1) is 0 Å². The highest BCUT2D eigenvalue weighted by Gasteiger charge is 2.37. The predicted octanol–water partition coefficient (Wildman–Crippen LogP) is 12.3. The lowest BCUT2D eigenvalue weighted by molar-refractivity contribution is 0.833. The summed E-state index contributed by atoms with van der Waals surface area (Å²) in [5.41, 5.74) is 7.94. The van der Waals surface area contributed by atoms with Gasteiger partial charge in [0.05, 0.1) is 17.4 Å². The molecule has 0 saturated carbocycles. The fraction of sp³-hybridized carbons (Fsp3) is 0.0408. The molecule has 1 aromatic heterocycles. The monoisotopic (exact) mass is 676 g/mol. The molecule has 0 radical (unpaired) electrons. The molecule has 0 N–H and O–H groups in total. The lowest BCUT2D eigenvalue weighted by atomic mass is 9.94. The zero-order chi connectivity index (χ0) is 34.9. The molecular weight excluding hydrogens is 645 g/mol. The van der Waals surface area contributed by atoms with Gasteiger partial charge in [0.25, 0.3) is 0 Å². The smallest absolute Gasteiger partial charge is 0.164 e. The minimum Gasteiger partial charge on any atom is -0.332 e. The molecule has 2 heterocycles. The van der Waals surface area contributed by atoms with E-state index in [1.54, 1.807) is 0 Å². The second-order valence-electron chi connectivity index (χ2n) is 14.0. The molecule has 1 aliphatic heterocycles. The van der Waals surface area contributed by atoms with Crippen LogP contribution in [-0.2, 0) is 0 Å². The number of benzene rings is 8. The third kappa shape index (κ3) is 4.87. The van der Waals surface area contributed by atoms with Gasteiger partial charge in [-0.1, -0.05) is 152 Å². The number of anilines is 2. The molecule has 1 atom stereocenters. The highest BCUT2D eigenvalue weighted by molar-refractivity contribution is 6.11. The van der Waals surface area contributed by atoms with Crippen LogP contribution in [0.5, 0.6) is 0 Å². The summed E-state index contributed by atoms with van der Waals surface area (Å²) in [4.78, 5) is 18.2. The molecule has 0 spiro atoms. The van der Waals surface area contributed by atoms with Crippen molar-refractivity contribution in [1.29, 1.82) is 0 Å². The van der Waals surface area contributed by atoms with Gasteiger partial charge in [-0.05, 0) is 68.6 Å². The minimum atomic E-state index is 0.180. The molecule has 0 saturated heterocycles. The van der Waals surface area contributed by atoms with E-state index in [1.807, 2.05) is 0 Å². The highest BCUT2D eigenvalue weighted by atomic mass is 15.2. The van der Waals surface area contributed by atoms with Gasteiger partial charge in [-0.2, -0.15) is 0 Å². The molecule has 8 aromatic carbocycles. The molecule has 9 aromatic rings. The van der Waals surface area contributed by atoms with Crippen LogP contribution >= 0.6 is 0 Å². The first-order valence-corrected chi connectivity index (χ1v) is 18.2. The number of nitrogens with zero attached hydrogens (tertiary/aromatic N) is 4. The van der Waals surface area contributed by atoms with Crippen LogP contribution in [0.4, 0.5) is 11.4 Å². The fourth-order valence-electron chi connectivity index (χ4n) is 8.36. The van der Waals surface area contributed by atoms with E-state index in [1.165, 1.54) is 43.8 Å². The highest BCUT2D eigenvalue weighted by Crippen LogP contribution is 2.52. The van der Waals surface area contributed by atoms with Gasteiger partial charge in [0.15, 0.2) is 17.5 Å². The van der Waals surface area contributed by atoms with Crippen LogP contribution in [0, 0.1) is 0 Å². The topological polar surface area (TPSA) is 41.9 Å². The number of rotatable bonds is 4. The molecule has 0 bridgehead atoms. The average molecular weight is 677 g/mol. The van der Waals surface area contributed by atoms with Gasteiger partial charge in [-0.25, -0.2) is 15.0 Å². The Morgan fingerprint density at radius 3 is 1.66 bits per heavy atom. The van der Waals surface area contributed by atoms with Crippen molar-refractivity contribution in [3.8, 4) is 34.2 Å². The Balaban J connectivity index is 1.16. The van der Waals surface area contributed by atoms with E-state index in [-0.39, 0.29) is 6.04 Å². The number of allylic oxidation sites excluding steroid dienone is 2. The number of hydrogen-bond acceptors (Lipinski definition) is 4. The molecule has 248 valence electrons. The van der Waals surface area contributed by atoms with Crippen molar-refractivity contribution in [3.05, 3.63) is 182 Å². The zero-order valence-electron chi connectivity index (χ0n) is 28.8. The van der Waals surface area contributed by atoms with E-state index in [2.05, 4.69) is 181 Å². The van der Waals surface area contributed by atoms with Gasteiger partial charge in [-0.3, -0.25) is 0 Å². The molecule has 0 fully saturated rings. The summed E-state index contributed by atoms with van der Waals surface area (Å²) in [6.07, 6.45) is 7.72. The third-order valence-corrected chi connectivity index (χ3v) is 10.9. The summed E-state index contributed by atoms with van der Waals surface area (Å²) in [5.74, 6) is 1.95. The van der Waals surface area contributed by atoms with Gasteiger partial charge < -0.3 is 4.90 Å². The lowest BCUT2D eigenvalue weighted by Gasteiger charge is -2.30. The Bertz CT molecular complexity index is 2910. The number of fused-ring (bicyclic) bond motifs is 8. The van der Waals surface area contributed by atoms with Gasteiger partial charge in [0.1, 0.15) is 0 Å². The van der Waals surface area contributed by atoms with Crippen LogP contribution in [0.3, 0.4) is 0 Å². The summed E-state index contributed by atoms with van der Waals surface area (Å²) in [5, 5.41) is 9.51. The van der Waals surface area contributed by atoms with Crippen LogP contribution in [0.15, 0.2) is 176 Å². The molecule has 1 aliphatic carbocycles. The van der Waals surface area contributed by atoms with Crippen molar-refractivity contribution in [2.45, 2.75) is 12.5 Å². The van der Waals surface area contributed by atoms with Crippen molar-refractivity contribution in [1.82, 2.24) is 15.0 Å². The first-order chi connectivity index (χ1) is 26.2. The van der Waals surface area contributed by atoms with Crippen LogP contribution in [-0.4, -0.2) is 21.0 Å². The molecule has 53 heavy (non-hydrogen) atoms. The van der Waals surface area contributed by atoms with Crippen molar-refractivity contribution in [2.75, 3.05) is 4.90 Å². The largest absolute Gasteiger partial charge is 0.332 e. The third-order valence-electron chi connectivity index (χ3n) is 10.9. The van der Waals surface area contributed by atoms with Gasteiger partial charge >= 0.3 is 0 Å². The summed E-state index contributed by atoms with van der Waals surface area (Å²) >= 11 is 0. The normalized spacial score (nSPS) is 14.9. The summed E-state index contributed by atoms with van der Waals surface area (Å²) in [6.45, 7) is 0. The maximum Gasteiger partial charge on any atom is 0.164 e. The Kier molecular flexibility index (Phi) is 6.65. The van der Waals surface area contributed by atoms with Crippen molar-refractivity contribution in [2.24, 2.45) is 0 Å². The Labute approximate surface area is 307 Å². The molecule has 0 amide bonds. The quantitative estimate of drug-likeness (QED) is 0.186. The second-order valence-corrected chi connectivity index (χ2v) is 14.0. The molecule has 4 nitrogen and oxygen atoms in total. The van der Waals surface area contributed by atoms with E-state index >= 15 is 0 Å². The maximum absolute atomic E-state index is 5.26. The van der Waals surface area contributed by atoms with E-state index < -0.39 is 0 Å². The van der Waals surface area contributed by atoms with Crippen LogP contribution < -0.4 is 4.90 Å². The first-order valence-electron chi connectivity index (χ1n) is 18.2. The van der Waals surface area contributed by atoms with E-state index in [4.69, 9.17) is 15.0 Å². The lowest BCUT2D eigenvalue weighted by Crippen LogP contribution is -2.27.